The maximum atomic E-state index is 13.4. The Balaban J connectivity index is 1.48. The van der Waals surface area contributed by atoms with Crippen molar-refractivity contribution >= 4 is 17.6 Å². The van der Waals surface area contributed by atoms with Gasteiger partial charge in [-0.15, -0.1) is 0 Å². The lowest BCUT2D eigenvalue weighted by molar-refractivity contribution is -0.143. The summed E-state index contributed by atoms with van der Waals surface area (Å²) in [5.74, 6) is -1.84. The molecule has 3 atom stereocenters. The summed E-state index contributed by atoms with van der Waals surface area (Å²) in [6.45, 7) is 1.36. The van der Waals surface area contributed by atoms with E-state index in [1.807, 2.05) is 24.3 Å². The predicted molar refractivity (Wildman–Crippen MR) is 113 cm³/mol. The predicted octanol–water partition coefficient (Wildman–Crippen LogP) is 5.71. The maximum Gasteiger partial charge on any atom is 0.416 e. The van der Waals surface area contributed by atoms with Gasteiger partial charge in [0.05, 0.1) is 23.0 Å². The number of amides is 1. The molecule has 2 aliphatic heterocycles. The lowest BCUT2D eigenvalue weighted by Crippen LogP contribution is -2.36. The van der Waals surface area contributed by atoms with E-state index in [1.165, 1.54) is 13.0 Å². The molecule has 0 N–H and O–H groups in total. The minimum absolute atomic E-state index is 0.0192. The summed E-state index contributed by atoms with van der Waals surface area (Å²) >= 11 is 0. The summed E-state index contributed by atoms with van der Waals surface area (Å²) in [5.41, 5.74) is -1.69. The van der Waals surface area contributed by atoms with E-state index in [0.717, 1.165) is 17.4 Å². The van der Waals surface area contributed by atoms with Crippen LogP contribution >= 0.6 is 0 Å². The van der Waals surface area contributed by atoms with Crippen molar-refractivity contribution < 1.29 is 45.4 Å². The number of carbonyl (C=O) groups is 2. The van der Waals surface area contributed by atoms with Crippen molar-refractivity contribution in [1.82, 2.24) is 0 Å². The first-order valence-corrected chi connectivity index (χ1v) is 10.8. The number of benzene rings is 2. The van der Waals surface area contributed by atoms with Gasteiger partial charge in [-0.05, 0) is 48.7 Å². The quantitative estimate of drug-likeness (QED) is 0.230. The number of anilines is 1. The molecule has 0 radical (unpaired) electrons. The molecule has 0 spiro atoms. The molecule has 3 aliphatic rings. The molecule has 3 unspecified atom stereocenters. The number of ether oxygens (including phenoxy) is 2. The normalized spacial score (nSPS) is 24.6. The minimum atomic E-state index is -5.08. The maximum absolute atomic E-state index is 13.4. The summed E-state index contributed by atoms with van der Waals surface area (Å²) in [6, 6.07) is 8.29. The standard InChI is InChI=1S/C25H17F6NO4/c1-12-6-20(35-11-19-18-7-13-4-2-3-5-17(13)21(18)36-23(19)34)32(22(12)33)16-9-14(24(26,27)28)8-15(10-16)25(29,30)31/h2-6,8-11,18,20-21H,7H2,1H3/b19-11+. The zero-order valence-corrected chi connectivity index (χ0v) is 18.5. The van der Waals surface area contributed by atoms with Crippen LogP contribution in [0, 0.1) is 5.92 Å². The molecule has 0 saturated carbocycles. The van der Waals surface area contributed by atoms with Gasteiger partial charge in [0.25, 0.3) is 5.91 Å². The second-order valence-electron chi connectivity index (χ2n) is 8.72. The molecular weight excluding hydrogens is 492 g/mol. The third-order valence-corrected chi connectivity index (χ3v) is 6.42. The third-order valence-electron chi connectivity index (χ3n) is 6.42. The summed E-state index contributed by atoms with van der Waals surface area (Å²) in [6.07, 6.45) is -9.22. The molecule has 0 bridgehead atoms. The fourth-order valence-corrected chi connectivity index (χ4v) is 4.70. The van der Waals surface area contributed by atoms with Gasteiger partial charge in [-0.1, -0.05) is 24.3 Å². The third kappa shape index (κ3) is 4.02. The summed E-state index contributed by atoms with van der Waals surface area (Å²) < 4.78 is 91.2. The van der Waals surface area contributed by atoms with E-state index in [0.29, 0.717) is 23.5 Å². The van der Waals surface area contributed by atoms with Crippen LogP contribution < -0.4 is 4.90 Å². The summed E-state index contributed by atoms with van der Waals surface area (Å²) in [4.78, 5) is 25.9. The Labute approximate surface area is 200 Å². The Bertz CT molecular complexity index is 1290. The Hall–Kier alpha value is -3.76. The first-order valence-electron chi connectivity index (χ1n) is 10.8. The fourth-order valence-electron chi connectivity index (χ4n) is 4.70. The van der Waals surface area contributed by atoms with Gasteiger partial charge in [0.1, 0.15) is 6.10 Å². The minimum Gasteiger partial charge on any atom is -0.473 e. The van der Waals surface area contributed by atoms with E-state index in [1.54, 1.807) is 0 Å². The van der Waals surface area contributed by atoms with Crippen molar-refractivity contribution in [2.75, 3.05) is 4.90 Å². The average Bonchev–Trinajstić information content (AvgIpc) is 3.40. The van der Waals surface area contributed by atoms with Crippen LogP contribution in [0.5, 0.6) is 0 Å². The topological polar surface area (TPSA) is 55.8 Å². The number of carbonyl (C=O) groups excluding carboxylic acids is 2. The smallest absolute Gasteiger partial charge is 0.416 e. The highest BCUT2D eigenvalue weighted by atomic mass is 19.4. The van der Waals surface area contributed by atoms with Gasteiger partial charge in [-0.3, -0.25) is 9.69 Å². The van der Waals surface area contributed by atoms with Gasteiger partial charge in [0.2, 0.25) is 0 Å². The van der Waals surface area contributed by atoms with Gasteiger partial charge < -0.3 is 9.47 Å². The van der Waals surface area contributed by atoms with E-state index >= 15 is 0 Å². The zero-order chi connectivity index (χ0) is 26.0. The highest BCUT2D eigenvalue weighted by Gasteiger charge is 2.47. The molecule has 2 heterocycles. The van der Waals surface area contributed by atoms with Gasteiger partial charge in [0, 0.05) is 17.2 Å². The van der Waals surface area contributed by atoms with Gasteiger partial charge in [-0.2, -0.15) is 26.3 Å². The van der Waals surface area contributed by atoms with Crippen LogP contribution in [0.2, 0.25) is 0 Å². The highest BCUT2D eigenvalue weighted by molar-refractivity contribution is 6.08. The molecule has 11 heteroatoms. The van der Waals surface area contributed by atoms with Crippen LogP contribution in [0.25, 0.3) is 0 Å². The van der Waals surface area contributed by atoms with Gasteiger partial charge in [-0.25, -0.2) is 4.79 Å². The molecular formula is C25H17F6NO4. The van der Waals surface area contributed by atoms with E-state index in [4.69, 9.17) is 9.47 Å². The molecule has 188 valence electrons. The molecule has 2 aromatic carbocycles. The Morgan fingerprint density at radius 1 is 1.00 bits per heavy atom. The van der Waals surface area contributed by atoms with Crippen molar-refractivity contribution in [1.29, 1.82) is 0 Å². The van der Waals surface area contributed by atoms with Crippen molar-refractivity contribution in [2.45, 2.75) is 38.0 Å². The van der Waals surface area contributed by atoms with Crippen LogP contribution in [0.1, 0.15) is 35.3 Å². The van der Waals surface area contributed by atoms with Crippen molar-refractivity contribution in [3.05, 3.63) is 88.2 Å². The fraction of sp³-hybridized carbons (Fsp3) is 0.280. The van der Waals surface area contributed by atoms with Crippen LogP contribution in [-0.4, -0.2) is 18.1 Å². The Morgan fingerprint density at radius 2 is 1.64 bits per heavy atom. The second-order valence-corrected chi connectivity index (χ2v) is 8.72. The van der Waals surface area contributed by atoms with Crippen LogP contribution in [0.4, 0.5) is 32.0 Å². The lowest BCUT2D eigenvalue weighted by Gasteiger charge is -2.26. The first-order chi connectivity index (χ1) is 16.8. The molecule has 1 amide bonds. The number of fused-ring (bicyclic) bond motifs is 3. The Kier molecular flexibility index (Phi) is 5.42. The SMILES string of the molecule is CC1=CC(O/C=C2/C(=O)OC3c4ccccc4CC23)N(c2cc(C(F)(F)F)cc(C(F)(F)F)c2)C1=O. The number of alkyl halides is 6. The van der Waals surface area contributed by atoms with E-state index < -0.39 is 53.4 Å². The number of nitrogens with zero attached hydrogens (tertiary/aromatic N) is 1. The Morgan fingerprint density at radius 3 is 2.28 bits per heavy atom. The second kappa shape index (κ2) is 8.14. The van der Waals surface area contributed by atoms with Crippen molar-refractivity contribution in [3.63, 3.8) is 0 Å². The number of halogens is 6. The molecule has 1 saturated heterocycles. The lowest BCUT2D eigenvalue weighted by atomic mass is 9.98. The monoisotopic (exact) mass is 509 g/mol. The molecule has 36 heavy (non-hydrogen) atoms. The number of rotatable bonds is 3. The number of hydrogen-bond donors (Lipinski definition) is 0. The van der Waals surface area contributed by atoms with E-state index in [9.17, 15) is 35.9 Å². The van der Waals surface area contributed by atoms with Gasteiger partial charge >= 0.3 is 18.3 Å². The first kappa shape index (κ1) is 24.0. The molecule has 1 fully saturated rings. The molecule has 1 aliphatic carbocycles. The average molecular weight is 509 g/mol. The number of hydrogen-bond acceptors (Lipinski definition) is 4. The van der Waals surface area contributed by atoms with Crippen molar-refractivity contribution in [3.8, 4) is 0 Å². The van der Waals surface area contributed by atoms with E-state index in [2.05, 4.69) is 0 Å². The summed E-state index contributed by atoms with van der Waals surface area (Å²) in [7, 11) is 0. The van der Waals surface area contributed by atoms with E-state index in [-0.39, 0.29) is 23.1 Å². The van der Waals surface area contributed by atoms with Crippen molar-refractivity contribution in [2.24, 2.45) is 5.92 Å². The van der Waals surface area contributed by atoms with Crippen LogP contribution in [0.3, 0.4) is 0 Å². The van der Waals surface area contributed by atoms with Gasteiger partial charge in [0.15, 0.2) is 6.23 Å². The zero-order valence-electron chi connectivity index (χ0n) is 18.5. The molecule has 2 aromatic rings. The highest BCUT2D eigenvalue weighted by Crippen LogP contribution is 2.48. The largest absolute Gasteiger partial charge is 0.473 e. The van der Waals surface area contributed by atoms with Crippen LogP contribution in [0.15, 0.2) is 65.9 Å². The molecule has 5 nitrogen and oxygen atoms in total. The summed E-state index contributed by atoms with van der Waals surface area (Å²) in [5, 5.41) is 0. The number of esters is 1. The van der Waals surface area contributed by atoms with Crippen LogP contribution in [-0.2, 0) is 37.8 Å². The molecule has 0 aromatic heterocycles. The molecule has 5 rings (SSSR count).